The summed E-state index contributed by atoms with van der Waals surface area (Å²) in [5, 5.41) is 16.0. The van der Waals surface area contributed by atoms with Crippen molar-refractivity contribution >= 4 is 29.6 Å². The number of non-ortho nitro benzene ring substituents is 1. The first-order chi connectivity index (χ1) is 12.6. The van der Waals surface area contributed by atoms with E-state index >= 15 is 0 Å². The highest BCUT2D eigenvalue weighted by Crippen LogP contribution is 2.26. The monoisotopic (exact) mass is 368 g/mol. The second kappa shape index (κ2) is 8.08. The Kier molecular flexibility index (Phi) is 5.40. The maximum absolute atomic E-state index is 12.0. The number of hydrogen-bond donors (Lipinski definition) is 1. The summed E-state index contributed by atoms with van der Waals surface area (Å²) in [6, 6.07) is 14.4. The zero-order valence-electron chi connectivity index (χ0n) is 13.2. The number of hydrazone groups is 1. The van der Waals surface area contributed by atoms with Crippen molar-refractivity contribution in [1.29, 1.82) is 0 Å². The molecule has 0 saturated carbocycles. The third-order valence-electron chi connectivity index (χ3n) is 3.12. The lowest BCUT2D eigenvalue weighted by Crippen LogP contribution is -2.17. The molecule has 0 bridgehead atoms. The number of amides is 1. The summed E-state index contributed by atoms with van der Waals surface area (Å²) < 4.78 is 5.56. The highest BCUT2D eigenvalue weighted by atomic mass is 32.2. The van der Waals surface area contributed by atoms with Crippen LogP contribution in [0.4, 0.5) is 5.69 Å². The van der Waals surface area contributed by atoms with Gasteiger partial charge in [-0.25, -0.2) is 10.4 Å². The van der Waals surface area contributed by atoms with Crippen LogP contribution in [0.15, 0.2) is 80.4 Å². The molecule has 130 valence electrons. The van der Waals surface area contributed by atoms with E-state index in [9.17, 15) is 14.9 Å². The highest BCUT2D eigenvalue weighted by Gasteiger charge is 2.10. The van der Waals surface area contributed by atoms with Gasteiger partial charge >= 0.3 is 0 Å². The molecular formula is C17H12N4O4S. The molecule has 0 atom stereocenters. The van der Waals surface area contributed by atoms with Crippen molar-refractivity contribution in [1.82, 2.24) is 10.4 Å². The number of nitro groups is 1. The average molecular weight is 368 g/mol. The van der Waals surface area contributed by atoms with Gasteiger partial charge in [-0.2, -0.15) is 5.10 Å². The predicted molar refractivity (Wildman–Crippen MR) is 95.2 cm³/mol. The molecule has 2 aromatic heterocycles. The second-order valence-corrected chi connectivity index (χ2v) is 5.96. The Balaban J connectivity index is 1.59. The number of nitro benzene ring substituents is 1. The van der Waals surface area contributed by atoms with Crippen LogP contribution >= 0.6 is 11.8 Å². The summed E-state index contributed by atoms with van der Waals surface area (Å²) in [6.45, 7) is 0. The van der Waals surface area contributed by atoms with Crippen molar-refractivity contribution in [3.8, 4) is 0 Å². The van der Waals surface area contributed by atoms with Crippen molar-refractivity contribution in [2.45, 2.75) is 10.1 Å². The smallest absolute Gasteiger partial charge is 0.271 e. The standard InChI is InChI=1S/C17H12N4O4S/c22-17(12-4-3-5-13(10-12)21(23)24)20-19-11-14-7-8-16(25-14)26-15-6-1-2-9-18-15/h1-11H,(H,20,22). The maximum atomic E-state index is 12.0. The predicted octanol–water partition coefficient (Wildman–Crippen LogP) is 3.50. The van der Waals surface area contributed by atoms with E-state index in [4.69, 9.17) is 4.42 Å². The normalized spacial score (nSPS) is 10.8. The van der Waals surface area contributed by atoms with E-state index in [-0.39, 0.29) is 11.3 Å². The third-order valence-corrected chi connectivity index (χ3v) is 3.99. The number of aromatic nitrogens is 1. The minimum absolute atomic E-state index is 0.141. The Labute approximate surface area is 152 Å². The largest absolute Gasteiger partial charge is 0.448 e. The van der Waals surface area contributed by atoms with Gasteiger partial charge in [0.15, 0.2) is 5.09 Å². The van der Waals surface area contributed by atoms with E-state index in [1.54, 1.807) is 18.3 Å². The summed E-state index contributed by atoms with van der Waals surface area (Å²) in [7, 11) is 0. The lowest BCUT2D eigenvalue weighted by atomic mass is 10.2. The van der Waals surface area contributed by atoms with Gasteiger partial charge in [-0.05, 0) is 42.1 Å². The molecule has 1 aromatic carbocycles. The van der Waals surface area contributed by atoms with Gasteiger partial charge in [-0.1, -0.05) is 12.1 Å². The maximum Gasteiger partial charge on any atom is 0.271 e. The van der Waals surface area contributed by atoms with Crippen LogP contribution in [0.1, 0.15) is 16.1 Å². The van der Waals surface area contributed by atoms with Crippen LogP contribution in [0.5, 0.6) is 0 Å². The van der Waals surface area contributed by atoms with E-state index in [1.165, 1.54) is 42.2 Å². The van der Waals surface area contributed by atoms with Gasteiger partial charge in [0.05, 0.1) is 11.1 Å². The number of carbonyl (C=O) groups excluding carboxylic acids is 1. The number of hydrogen-bond acceptors (Lipinski definition) is 7. The van der Waals surface area contributed by atoms with E-state index < -0.39 is 10.8 Å². The molecule has 26 heavy (non-hydrogen) atoms. The fraction of sp³-hybridized carbons (Fsp3) is 0. The molecular weight excluding hydrogens is 356 g/mol. The minimum Gasteiger partial charge on any atom is -0.448 e. The molecule has 3 rings (SSSR count). The van der Waals surface area contributed by atoms with Crippen LogP contribution in [0.2, 0.25) is 0 Å². The molecule has 1 N–H and O–H groups in total. The summed E-state index contributed by atoms with van der Waals surface area (Å²) in [5.41, 5.74) is 2.28. The molecule has 0 fully saturated rings. The van der Waals surface area contributed by atoms with E-state index in [2.05, 4.69) is 15.5 Å². The zero-order valence-corrected chi connectivity index (χ0v) is 14.1. The Bertz CT molecular complexity index is 956. The van der Waals surface area contributed by atoms with Crippen LogP contribution < -0.4 is 5.43 Å². The lowest BCUT2D eigenvalue weighted by Gasteiger charge is -1.99. The topological polar surface area (TPSA) is 111 Å². The number of nitrogens with one attached hydrogen (secondary N) is 1. The van der Waals surface area contributed by atoms with Gasteiger partial charge in [-0.15, -0.1) is 0 Å². The Morgan fingerprint density at radius 3 is 2.88 bits per heavy atom. The first kappa shape index (κ1) is 17.4. The Morgan fingerprint density at radius 1 is 1.23 bits per heavy atom. The number of benzene rings is 1. The first-order valence-electron chi connectivity index (χ1n) is 7.38. The number of rotatable bonds is 6. The minimum atomic E-state index is -0.566. The molecule has 0 saturated heterocycles. The van der Waals surface area contributed by atoms with Crippen molar-refractivity contribution in [2.24, 2.45) is 5.10 Å². The third kappa shape index (κ3) is 4.54. The van der Waals surface area contributed by atoms with Gasteiger partial charge in [0, 0.05) is 23.9 Å². The van der Waals surface area contributed by atoms with Crippen molar-refractivity contribution in [2.75, 3.05) is 0 Å². The Morgan fingerprint density at radius 2 is 2.12 bits per heavy atom. The molecule has 9 heteroatoms. The Hall–Kier alpha value is -3.46. The SMILES string of the molecule is O=C(NN=Cc1ccc(Sc2ccccn2)o1)c1cccc([N+](=O)[O-])c1. The van der Waals surface area contributed by atoms with Crippen molar-refractivity contribution in [3.05, 3.63) is 82.2 Å². The van der Waals surface area contributed by atoms with Gasteiger partial charge in [0.25, 0.3) is 11.6 Å². The molecule has 3 aromatic rings. The summed E-state index contributed by atoms with van der Waals surface area (Å²) in [5.74, 6) is -0.109. The quantitative estimate of drug-likeness (QED) is 0.405. The molecule has 0 aliphatic carbocycles. The number of furan rings is 1. The lowest BCUT2D eigenvalue weighted by molar-refractivity contribution is -0.384. The molecule has 0 unspecified atom stereocenters. The fourth-order valence-electron chi connectivity index (χ4n) is 1.95. The molecule has 0 aliphatic heterocycles. The average Bonchev–Trinajstić information content (AvgIpc) is 3.09. The van der Waals surface area contributed by atoms with Crippen molar-refractivity contribution < 1.29 is 14.1 Å². The van der Waals surface area contributed by atoms with Gasteiger partial charge in [0.2, 0.25) is 0 Å². The fourth-order valence-corrected chi connectivity index (χ4v) is 2.69. The molecule has 8 nitrogen and oxygen atoms in total. The van der Waals surface area contributed by atoms with E-state index in [0.717, 1.165) is 5.03 Å². The summed E-state index contributed by atoms with van der Waals surface area (Å²) in [4.78, 5) is 26.3. The zero-order chi connectivity index (χ0) is 18.4. The van der Waals surface area contributed by atoms with Gasteiger partial charge in [-0.3, -0.25) is 14.9 Å². The molecule has 2 heterocycles. The summed E-state index contributed by atoms with van der Waals surface area (Å²) >= 11 is 1.36. The molecule has 0 aliphatic rings. The van der Waals surface area contributed by atoms with Gasteiger partial charge in [0.1, 0.15) is 10.8 Å². The number of pyridine rings is 1. The van der Waals surface area contributed by atoms with Crippen LogP contribution in [0.3, 0.4) is 0 Å². The van der Waals surface area contributed by atoms with Crippen molar-refractivity contribution in [3.63, 3.8) is 0 Å². The first-order valence-corrected chi connectivity index (χ1v) is 8.20. The van der Waals surface area contributed by atoms with E-state index in [0.29, 0.717) is 10.9 Å². The number of nitrogens with zero attached hydrogens (tertiary/aromatic N) is 3. The van der Waals surface area contributed by atoms with Crippen LogP contribution in [0.25, 0.3) is 0 Å². The molecule has 0 radical (unpaired) electrons. The number of carbonyl (C=O) groups is 1. The second-order valence-electron chi connectivity index (χ2n) is 4.93. The van der Waals surface area contributed by atoms with Gasteiger partial charge < -0.3 is 4.42 Å². The van der Waals surface area contributed by atoms with Crippen LogP contribution in [-0.4, -0.2) is 22.0 Å². The molecule has 1 amide bonds. The summed E-state index contributed by atoms with van der Waals surface area (Å²) in [6.07, 6.45) is 3.04. The van der Waals surface area contributed by atoms with E-state index in [1.807, 2.05) is 18.2 Å². The van der Waals surface area contributed by atoms with Crippen LogP contribution in [-0.2, 0) is 0 Å². The highest BCUT2D eigenvalue weighted by molar-refractivity contribution is 7.99. The van der Waals surface area contributed by atoms with Crippen LogP contribution in [0, 0.1) is 10.1 Å². The molecule has 0 spiro atoms.